The summed E-state index contributed by atoms with van der Waals surface area (Å²) >= 11 is 6.13. The van der Waals surface area contributed by atoms with E-state index < -0.39 is 5.97 Å². The van der Waals surface area contributed by atoms with E-state index in [0.717, 1.165) is 33.3 Å². The second kappa shape index (κ2) is 8.89. The van der Waals surface area contributed by atoms with Gasteiger partial charge in [-0.1, -0.05) is 48.0 Å². The SMILES string of the molecule is Cc1ccc(C(=O)Nc2ccc(Cc3c(C)n(CC(=O)O)c4ccccc34)cc2)cc1Cl. The summed E-state index contributed by atoms with van der Waals surface area (Å²) in [6.07, 6.45) is 0.667. The van der Waals surface area contributed by atoms with Crippen LogP contribution in [0.1, 0.15) is 32.7 Å². The molecule has 0 fully saturated rings. The molecule has 6 heteroatoms. The van der Waals surface area contributed by atoms with E-state index in [0.29, 0.717) is 22.7 Å². The molecular weight excluding hydrogens is 424 g/mol. The summed E-state index contributed by atoms with van der Waals surface area (Å²) in [5.74, 6) is -1.08. The molecule has 1 heterocycles. The van der Waals surface area contributed by atoms with Gasteiger partial charge in [0.15, 0.2) is 0 Å². The molecule has 5 nitrogen and oxygen atoms in total. The van der Waals surface area contributed by atoms with Crippen molar-refractivity contribution in [2.75, 3.05) is 5.32 Å². The van der Waals surface area contributed by atoms with E-state index in [1.165, 1.54) is 0 Å². The molecule has 0 spiro atoms. The first-order valence-electron chi connectivity index (χ1n) is 10.3. The number of amides is 1. The third-order valence-electron chi connectivity index (χ3n) is 5.68. The molecule has 2 N–H and O–H groups in total. The van der Waals surface area contributed by atoms with Crippen molar-refractivity contribution in [3.63, 3.8) is 0 Å². The number of halogens is 1. The van der Waals surface area contributed by atoms with Crippen LogP contribution in [0.15, 0.2) is 66.7 Å². The summed E-state index contributed by atoms with van der Waals surface area (Å²) in [5.41, 5.74) is 6.17. The summed E-state index contributed by atoms with van der Waals surface area (Å²) < 4.78 is 1.84. The Hall–Kier alpha value is -3.57. The number of carbonyl (C=O) groups excluding carboxylic acids is 1. The summed E-state index contributed by atoms with van der Waals surface area (Å²) in [5, 5.41) is 13.8. The van der Waals surface area contributed by atoms with Crippen molar-refractivity contribution in [2.24, 2.45) is 0 Å². The second-order valence-electron chi connectivity index (χ2n) is 7.85. The molecule has 4 aromatic rings. The molecule has 1 amide bonds. The predicted octanol–water partition coefficient (Wildman–Crippen LogP) is 5.84. The van der Waals surface area contributed by atoms with E-state index in [1.807, 2.05) is 73.0 Å². The number of aryl methyl sites for hydroxylation is 1. The fourth-order valence-electron chi connectivity index (χ4n) is 3.91. The topological polar surface area (TPSA) is 71.3 Å². The Kier molecular flexibility index (Phi) is 6.01. The Balaban J connectivity index is 1.55. The smallest absolute Gasteiger partial charge is 0.323 e. The first-order chi connectivity index (χ1) is 15.3. The van der Waals surface area contributed by atoms with Crippen molar-refractivity contribution in [3.05, 3.63) is 99.7 Å². The molecule has 4 rings (SSSR count). The lowest BCUT2D eigenvalue weighted by atomic mass is 10.0. The van der Waals surface area contributed by atoms with Crippen LogP contribution in [0.25, 0.3) is 10.9 Å². The Morgan fingerprint density at radius 2 is 1.72 bits per heavy atom. The zero-order chi connectivity index (χ0) is 22.8. The van der Waals surface area contributed by atoms with Gasteiger partial charge < -0.3 is 15.0 Å². The Morgan fingerprint density at radius 1 is 1.00 bits per heavy atom. The minimum absolute atomic E-state index is 0.0691. The van der Waals surface area contributed by atoms with Crippen LogP contribution in [0.3, 0.4) is 0 Å². The number of hydrogen-bond donors (Lipinski definition) is 2. The number of nitrogens with one attached hydrogen (secondary N) is 1. The van der Waals surface area contributed by atoms with Gasteiger partial charge >= 0.3 is 5.97 Å². The van der Waals surface area contributed by atoms with Crippen LogP contribution >= 0.6 is 11.6 Å². The van der Waals surface area contributed by atoms with E-state index in [-0.39, 0.29) is 12.5 Å². The fourth-order valence-corrected chi connectivity index (χ4v) is 4.09. The number of benzene rings is 3. The molecule has 0 aliphatic carbocycles. The third kappa shape index (κ3) is 4.39. The van der Waals surface area contributed by atoms with Crippen molar-refractivity contribution in [1.82, 2.24) is 4.57 Å². The number of carboxylic acids is 1. The van der Waals surface area contributed by atoms with Gasteiger partial charge in [0.25, 0.3) is 5.91 Å². The number of fused-ring (bicyclic) bond motifs is 1. The maximum Gasteiger partial charge on any atom is 0.323 e. The standard InChI is InChI=1S/C26H23ClN2O3/c1-16-7-10-19(14-23(16)27)26(32)28-20-11-8-18(9-12-20)13-22-17(2)29(15-25(30)31)24-6-4-3-5-21(22)24/h3-12,14H,13,15H2,1-2H3,(H,28,32)(H,30,31). The molecule has 0 atom stereocenters. The Bertz CT molecular complexity index is 1320. The van der Waals surface area contributed by atoms with E-state index in [2.05, 4.69) is 5.32 Å². The fraction of sp³-hybridized carbons (Fsp3) is 0.154. The summed E-state index contributed by atoms with van der Waals surface area (Å²) in [4.78, 5) is 23.8. The van der Waals surface area contributed by atoms with Gasteiger partial charge in [0.2, 0.25) is 0 Å². The highest BCUT2D eigenvalue weighted by Gasteiger charge is 2.16. The highest BCUT2D eigenvalue weighted by Crippen LogP contribution is 2.28. The van der Waals surface area contributed by atoms with Gasteiger partial charge in [-0.05, 0) is 67.3 Å². The van der Waals surface area contributed by atoms with Gasteiger partial charge in [0.05, 0.1) is 0 Å². The van der Waals surface area contributed by atoms with Crippen molar-refractivity contribution < 1.29 is 14.7 Å². The van der Waals surface area contributed by atoms with Crippen molar-refractivity contribution in [1.29, 1.82) is 0 Å². The maximum atomic E-state index is 12.5. The first-order valence-corrected chi connectivity index (χ1v) is 10.7. The number of carbonyl (C=O) groups is 2. The first kappa shape index (κ1) is 21.7. The zero-order valence-corrected chi connectivity index (χ0v) is 18.6. The van der Waals surface area contributed by atoms with Gasteiger partial charge in [0.1, 0.15) is 6.54 Å². The normalized spacial score (nSPS) is 11.0. The van der Waals surface area contributed by atoms with Crippen molar-refractivity contribution in [3.8, 4) is 0 Å². The molecule has 0 bridgehead atoms. The lowest BCUT2D eigenvalue weighted by molar-refractivity contribution is -0.137. The van der Waals surface area contributed by atoms with Crippen LogP contribution < -0.4 is 5.32 Å². The quantitative estimate of drug-likeness (QED) is 0.391. The van der Waals surface area contributed by atoms with Gasteiger partial charge in [0, 0.05) is 32.9 Å². The number of anilines is 1. The van der Waals surface area contributed by atoms with E-state index >= 15 is 0 Å². The molecular formula is C26H23ClN2O3. The third-order valence-corrected chi connectivity index (χ3v) is 6.09. The maximum absolute atomic E-state index is 12.5. The predicted molar refractivity (Wildman–Crippen MR) is 128 cm³/mol. The number of carboxylic acid groups (broad SMARTS) is 1. The lowest BCUT2D eigenvalue weighted by Gasteiger charge is -2.09. The molecule has 32 heavy (non-hydrogen) atoms. The molecule has 0 radical (unpaired) electrons. The van der Waals surface area contributed by atoms with Crippen LogP contribution in [-0.4, -0.2) is 21.6 Å². The average molecular weight is 447 g/mol. The number of nitrogens with zero attached hydrogens (tertiary/aromatic N) is 1. The van der Waals surface area contributed by atoms with E-state index in [4.69, 9.17) is 11.6 Å². The van der Waals surface area contributed by atoms with Gasteiger partial charge in [-0.25, -0.2) is 0 Å². The molecule has 3 aromatic carbocycles. The van der Waals surface area contributed by atoms with Gasteiger partial charge in [-0.15, -0.1) is 0 Å². The Morgan fingerprint density at radius 3 is 2.41 bits per heavy atom. The van der Waals surface area contributed by atoms with Crippen molar-refractivity contribution in [2.45, 2.75) is 26.8 Å². The minimum Gasteiger partial charge on any atom is -0.480 e. The summed E-state index contributed by atoms with van der Waals surface area (Å²) in [7, 11) is 0. The Labute approximate surface area is 191 Å². The summed E-state index contributed by atoms with van der Waals surface area (Å²) in [6, 6.07) is 20.8. The number of para-hydroxylation sites is 1. The number of aromatic nitrogens is 1. The van der Waals surface area contributed by atoms with Crippen LogP contribution in [-0.2, 0) is 17.8 Å². The lowest BCUT2D eigenvalue weighted by Crippen LogP contribution is -2.12. The minimum atomic E-state index is -0.865. The molecule has 0 unspecified atom stereocenters. The molecule has 0 aliphatic rings. The highest BCUT2D eigenvalue weighted by molar-refractivity contribution is 6.31. The molecule has 162 valence electrons. The van der Waals surface area contributed by atoms with E-state index in [9.17, 15) is 14.7 Å². The van der Waals surface area contributed by atoms with Gasteiger partial charge in [-0.2, -0.15) is 0 Å². The van der Waals surface area contributed by atoms with E-state index in [1.54, 1.807) is 12.1 Å². The van der Waals surface area contributed by atoms with Crippen LogP contribution in [0.2, 0.25) is 5.02 Å². The average Bonchev–Trinajstić information content (AvgIpc) is 3.02. The molecule has 0 saturated carbocycles. The molecule has 0 aliphatic heterocycles. The largest absolute Gasteiger partial charge is 0.480 e. The zero-order valence-electron chi connectivity index (χ0n) is 17.9. The molecule has 0 saturated heterocycles. The molecule has 1 aromatic heterocycles. The van der Waals surface area contributed by atoms with Crippen LogP contribution in [0, 0.1) is 13.8 Å². The van der Waals surface area contributed by atoms with Crippen LogP contribution in [0.5, 0.6) is 0 Å². The van der Waals surface area contributed by atoms with Crippen molar-refractivity contribution >= 4 is 40.1 Å². The number of hydrogen-bond acceptors (Lipinski definition) is 2. The van der Waals surface area contributed by atoms with Gasteiger partial charge in [-0.3, -0.25) is 9.59 Å². The second-order valence-corrected chi connectivity index (χ2v) is 8.26. The number of aliphatic carboxylic acids is 1. The van der Waals surface area contributed by atoms with Crippen LogP contribution in [0.4, 0.5) is 5.69 Å². The number of rotatable bonds is 6. The monoisotopic (exact) mass is 446 g/mol. The highest BCUT2D eigenvalue weighted by atomic mass is 35.5. The summed E-state index contributed by atoms with van der Waals surface area (Å²) in [6.45, 7) is 3.78.